The standard InChI is InChI=1S/C11H15BrClN3/c1-7-6-16(3-2-10(7)14)11-9(13)4-8(12)5-15-11/h4-5,7,10H,2-3,6,14H2,1H3. The summed E-state index contributed by atoms with van der Waals surface area (Å²) in [7, 11) is 0. The van der Waals surface area contributed by atoms with Crippen LogP contribution in [0.5, 0.6) is 0 Å². The van der Waals surface area contributed by atoms with Crippen molar-refractivity contribution in [2.24, 2.45) is 11.7 Å². The van der Waals surface area contributed by atoms with Crippen LogP contribution in [0.15, 0.2) is 16.7 Å². The van der Waals surface area contributed by atoms with Gasteiger partial charge >= 0.3 is 0 Å². The molecule has 1 aliphatic heterocycles. The number of pyridine rings is 1. The molecule has 2 atom stereocenters. The molecule has 2 heterocycles. The van der Waals surface area contributed by atoms with E-state index in [0.29, 0.717) is 17.0 Å². The molecule has 0 aromatic carbocycles. The summed E-state index contributed by atoms with van der Waals surface area (Å²) in [6, 6.07) is 2.17. The predicted molar refractivity (Wildman–Crippen MR) is 70.9 cm³/mol. The first-order valence-electron chi connectivity index (χ1n) is 5.39. The molecule has 16 heavy (non-hydrogen) atoms. The van der Waals surface area contributed by atoms with Crippen LogP contribution in [0.1, 0.15) is 13.3 Å². The first-order valence-corrected chi connectivity index (χ1v) is 6.56. The number of nitrogens with zero attached hydrogens (tertiary/aromatic N) is 2. The molecular formula is C11H15BrClN3. The van der Waals surface area contributed by atoms with Crippen LogP contribution in [0.3, 0.4) is 0 Å². The predicted octanol–water partition coefficient (Wildman–Crippen LogP) is 2.67. The Kier molecular flexibility index (Phi) is 3.72. The van der Waals surface area contributed by atoms with Gasteiger partial charge in [0.15, 0.2) is 0 Å². The molecule has 0 aliphatic carbocycles. The van der Waals surface area contributed by atoms with E-state index < -0.39 is 0 Å². The van der Waals surface area contributed by atoms with Gasteiger partial charge in [-0.2, -0.15) is 0 Å². The van der Waals surface area contributed by atoms with E-state index in [0.717, 1.165) is 29.8 Å². The van der Waals surface area contributed by atoms with E-state index >= 15 is 0 Å². The monoisotopic (exact) mass is 303 g/mol. The van der Waals surface area contributed by atoms with Crippen molar-refractivity contribution in [3.05, 3.63) is 21.8 Å². The van der Waals surface area contributed by atoms with Gasteiger partial charge in [0.05, 0.1) is 5.02 Å². The molecule has 0 amide bonds. The molecule has 0 saturated carbocycles. The molecule has 2 N–H and O–H groups in total. The van der Waals surface area contributed by atoms with Crippen LogP contribution in [-0.2, 0) is 0 Å². The van der Waals surface area contributed by atoms with Gasteiger partial charge in [-0.15, -0.1) is 0 Å². The topological polar surface area (TPSA) is 42.2 Å². The van der Waals surface area contributed by atoms with Crippen molar-refractivity contribution in [3.8, 4) is 0 Å². The van der Waals surface area contributed by atoms with Crippen LogP contribution >= 0.6 is 27.5 Å². The average Bonchev–Trinajstić information content (AvgIpc) is 2.22. The normalized spacial score (nSPS) is 25.9. The molecule has 5 heteroatoms. The minimum atomic E-state index is 0.297. The SMILES string of the molecule is CC1CN(c2ncc(Br)cc2Cl)CCC1N. The quantitative estimate of drug-likeness (QED) is 0.867. The third kappa shape index (κ3) is 2.50. The first kappa shape index (κ1) is 12.1. The largest absolute Gasteiger partial charge is 0.355 e. The van der Waals surface area contributed by atoms with Crippen LogP contribution in [0, 0.1) is 5.92 Å². The Morgan fingerprint density at radius 1 is 1.62 bits per heavy atom. The molecule has 0 spiro atoms. The maximum Gasteiger partial charge on any atom is 0.147 e. The van der Waals surface area contributed by atoms with Crippen molar-refractivity contribution in [1.29, 1.82) is 0 Å². The summed E-state index contributed by atoms with van der Waals surface area (Å²) in [5, 5.41) is 0.692. The van der Waals surface area contributed by atoms with E-state index in [1.165, 1.54) is 0 Å². The minimum Gasteiger partial charge on any atom is -0.355 e. The second kappa shape index (κ2) is 4.90. The fourth-order valence-electron chi connectivity index (χ4n) is 2.00. The van der Waals surface area contributed by atoms with Crippen LogP contribution in [-0.4, -0.2) is 24.1 Å². The highest BCUT2D eigenvalue weighted by Crippen LogP contribution is 2.29. The zero-order valence-electron chi connectivity index (χ0n) is 9.16. The van der Waals surface area contributed by atoms with Gasteiger partial charge in [-0.25, -0.2) is 4.98 Å². The van der Waals surface area contributed by atoms with Crippen LogP contribution < -0.4 is 10.6 Å². The second-order valence-electron chi connectivity index (χ2n) is 4.33. The number of piperidine rings is 1. The Bertz CT molecular complexity index is 385. The van der Waals surface area contributed by atoms with Crippen LogP contribution in [0.25, 0.3) is 0 Å². The summed E-state index contributed by atoms with van der Waals surface area (Å²) in [5.41, 5.74) is 5.99. The van der Waals surface area contributed by atoms with Gasteiger partial charge in [-0.3, -0.25) is 0 Å². The number of halogens is 2. The third-order valence-corrected chi connectivity index (χ3v) is 3.77. The van der Waals surface area contributed by atoms with E-state index in [1.54, 1.807) is 6.20 Å². The summed E-state index contributed by atoms with van der Waals surface area (Å²) in [6.45, 7) is 4.03. The van der Waals surface area contributed by atoms with Crippen LogP contribution in [0.4, 0.5) is 5.82 Å². The van der Waals surface area contributed by atoms with Gasteiger partial charge in [0.1, 0.15) is 5.82 Å². The summed E-state index contributed by atoms with van der Waals surface area (Å²) in [5.74, 6) is 1.35. The number of hydrogen-bond acceptors (Lipinski definition) is 3. The molecule has 3 nitrogen and oxygen atoms in total. The van der Waals surface area contributed by atoms with Crippen molar-refractivity contribution in [2.45, 2.75) is 19.4 Å². The van der Waals surface area contributed by atoms with Crippen molar-refractivity contribution < 1.29 is 0 Å². The van der Waals surface area contributed by atoms with Crippen molar-refractivity contribution in [2.75, 3.05) is 18.0 Å². The first-order chi connectivity index (χ1) is 7.58. The van der Waals surface area contributed by atoms with Gasteiger partial charge in [0.25, 0.3) is 0 Å². The number of aromatic nitrogens is 1. The highest BCUT2D eigenvalue weighted by molar-refractivity contribution is 9.10. The lowest BCUT2D eigenvalue weighted by molar-refractivity contribution is 0.381. The molecule has 2 unspecified atom stereocenters. The molecule has 1 aromatic rings. The second-order valence-corrected chi connectivity index (χ2v) is 5.66. The molecule has 0 radical (unpaired) electrons. The number of nitrogens with two attached hydrogens (primary N) is 1. The van der Waals surface area contributed by atoms with E-state index in [9.17, 15) is 0 Å². The lowest BCUT2D eigenvalue weighted by Crippen LogP contribution is -2.46. The molecule has 1 fully saturated rings. The highest BCUT2D eigenvalue weighted by atomic mass is 79.9. The zero-order valence-corrected chi connectivity index (χ0v) is 11.5. The Balaban J connectivity index is 2.18. The van der Waals surface area contributed by atoms with Gasteiger partial charge < -0.3 is 10.6 Å². The van der Waals surface area contributed by atoms with E-state index in [-0.39, 0.29) is 0 Å². The van der Waals surface area contributed by atoms with Gasteiger partial charge in [0, 0.05) is 29.8 Å². The molecule has 88 valence electrons. The molecule has 1 saturated heterocycles. The van der Waals surface area contributed by atoms with Gasteiger partial charge in [-0.1, -0.05) is 18.5 Å². The zero-order chi connectivity index (χ0) is 11.7. The molecule has 0 bridgehead atoms. The van der Waals surface area contributed by atoms with Crippen molar-refractivity contribution >= 4 is 33.3 Å². The molecule has 2 rings (SSSR count). The van der Waals surface area contributed by atoms with Crippen molar-refractivity contribution in [1.82, 2.24) is 4.98 Å². The van der Waals surface area contributed by atoms with Gasteiger partial charge in [0.2, 0.25) is 0 Å². The molecule has 1 aliphatic rings. The summed E-state index contributed by atoms with van der Waals surface area (Å²) >= 11 is 9.54. The van der Waals surface area contributed by atoms with Crippen molar-refractivity contribution in [3.63, 3.8) is 0 Å². The maximum absolute atomic E-state index is 6.18. The third-order valence-electron chi connectivity index (χ3n) is 3.06. The smallest absolute Gasteiger partial charge is 0.147 e. The minimum absolute atomic E-state index is 0.297. The summed E-state index contributed by atoms with van der Waals surface area (Å²) < 4.78 is 0.906. The van der Waals surface area contributed by atoms with E-state index in [2.05, 4.69) is 32.7 Å². The lowest BCUT2D eigenvalue weighted by atomic mass is 9.95. The fourth-order valence-corrected chi connectivity index (χ4v) is 2.75. The molecule has 1 aromatic heterocycles. The Hall–Kier alpha value is -0.320. The Labute approximate surface area is 109 Å². The van der Waals surface area contributed by atoms with E-state index in [4.69, 9.17) is 17.3 Å². The number of hydrogen-bond donors (Lipinski definition) is 1. The average molecular weight is 305 g/mol. The van der Waals surface area contributed by atoms with Crippen LogP contribution in [0.2, 0.25) is 5.02 Å². The molecular weight excluding hydrogens is 289 g/mol. The number of rotatable bonds is 1. The summed E-state index contributed by atoms with van der Waals surface area (Å²) in [6.07, 6.45) is 2.77. The number of anilines is 1. The Morgan fingerprint density at radius 3 is 3.00 bits per heavy atom. The van der Waals surface area contributed by atoms with Gasteiger partial charge in [-0.05, 0) is 34.3 Å². The fraction of sp³-hybridized carbons (Fsp3) is 0.545. The highest BCUT2D eigenvalue weighted by Gasteiger charge is 2.25. The maximum atomic E-state index is 6.18. The Morgan fingerprint density at radius 2 is 2.38 bits per heavy atom. The summed E-state index contributed by atoms with van der Waals surface area (Å²) in [4.78, 5) is 6.58. The lowest BCUT2D eigenvalue weighted by Gasteiger charge is -2.36. The van der Waals surface area contributed by atoms with E-state index in [1.807, 2.05) is 6.07 Å².